The molecule has 1 fully saturated rings. The fourth-order valence-electron chi connectivity index (χ4n) is 1.04. The van der Waals surface area contributed by atoms with Gasteiger partial charge in [0.1, 0.15) is 0 Å². The predicted molar refractivity (Wildman–Crippen MR) is 40.0 cm³/mol. The van der Waals surface area contributed by atoms with Gasteiger partial charge in [0.15, 0.2) is 0 Å². The van der Waals surface area contributed by atoms with Crippen molar-refractivity contribution in [1.82, 2.24) is 0 Å². The van der Waals surface area contributed by atoms with Crippen molar-refractivity contribution in [2.24, 2.45) is 5.92 Å². The molecule has 0 saturated carbocycles. The second-order valence-electron chi connectivity index (χ2n) is 2.37. The number of rotatable bonds is 1. The minimum absolute atomic E-state index is 0.939. The van der Waals surface area contributed by atoms with Crippen LogP contribution in [0.3, 0.4) is 0 Å². The Morgan fingerprint density at radius 3 is 2.88 bits per heavy atom. The van der Waals surface area contributed by atoms with Crippen molar-refractivity contribution < 1.29 is 0 Å². The molecule has 1 atom stereocenters. The summed E-state index contributed by atoms with van der Waals surface area (Å²) in [6.45, 7) is 3.90. The number of hydrogen-bond donors (Lipinski definition) is 0. The molecule has 0 nitrogen and oxygen atoms in total. The summed E-state index contributed by atoms with van der Waals surface area (Å²) in [5, 5.41) is 0. The molecule has 8 heavy (non-hydrogen) atoms. The highest BCUT2D eigenvalue weighted by molar-refractivity contribution is 7.99. The molecular formula is C7H13S. The Balaban J connectivity index is 2.13. The van der Waals surface area contributed by atoms with Gasteiger partial charge in [-0.1, -0.05) is 6.92 Å². The normalized spacial score (nSPS) is 30.4. The first-order chi connectivity index (χ1) is 3.93. The predicted octanol–water partition coefficient (Wildman–Crippen LogP) is 2.35. The van der Waals surface area contributed by atoms with Crippen molar-refractivity contribution in [1.29, 1.82) is 0 Å². The Morgan fingerprint density at radius 2 is 2.50 bits per heavy atom. The smallest absolute Gasteiger partial charge is 0.00391 e. The minimum atomic E-state index is 0.939. The highest BCUT2D eigenvalue weighted by Crippen LogP contribution is 2.24. The van der Waals surface area contributed by atoms with E-state index in [2.05, 4.69) is 18.7 Å². The minimum Gasteiger partial charge on any atom is -0.162 e. The molecule has 0 spiro atoms. The third-order valence-corrected chi connectivity index (χ3v) is 2.95. The maximum Gasteiger partial charge on any atom is -0.00391 e. The molecule has 0 aliphatic carbocycles. The first-order valence-corrected chi connectivity index (χ1v) is 4.46. The van der Waals surface area contributed by atoms with E-state index >= 15 is 0 Å². The highest BCUT2D eigenvalue weighted by Gasteiger charge is 2.10. The van der Waals surface area contributed by atoms with E-state index in [0.29, 0.717) is 0 Å². The van der Waals surface area contributed by atoms with Crippen LogP contribution in [0.2, 0.25) is 0 Å². The fourth-order valence-corrected chi connectivity index (χ4v) is 2.24. The maximum atomic E-state index is 3.90. The van der Waals surface area contributed by atoms with Gasteiger partial charge in [0.2, 0.25) is 0 Å². The highest BCUT2D eigenvalue weighted by atomic mass is 32.2. The molecule has 0 aromatic heterocycles. The lowest BCUT2D eigenvalue weighted by molar-refractivity contribution is 0.529. The van der Waals surface area contributed by atoms with Gasteiger partial charge >= 0.3 is 0 Å². The second-order valence-corrected chi connectivity index (χ2v) is 3.52. The number of thioether (sulfide) groups is 1. The van der Waals surface area contributed by atoms with Crippen molar-refractivity contribution in [3.8, 4) is 0 Å². The van der Waals surface area contributed by atoms with Gasteiger partial charge in [-0.3, -0.25) is 0 Å². The van der Waals surface area contributed by atoms with Gasteiger partial charge in [-0.2, -0.15) is 11.8 Å². The van der Waals surface area contributed by atoms with Crippen molar-refractivity contribution in [3.63, 3.8) is 0 Å². The summed E-state index contributed by atoms with van der Waals surface area (Å²) in [7, 11) is 0. The van der Waals surface area contributed by atoms with Gasteiger partial charge in [0, 0.05) is 0 Å². The van der Waals surface area contributed by atoms with E-state index in [-0.39, 0.29) is 0 Å². The summed E-state index contributed by atoms with van der Waals surface area (Å²) in [4.78, 5) is 0. The van der Waals surface area contributed by atoms with Crippen molar-refractivity contribution in [3.05, 3.63) is 6.92 Å². The van der Waals surface area contributed by atoms with E-state index in [4.69, 9.17) is 0 Å². The van der Waals surface area contributed by atoms with Crippen LogP contribution >= 0.6 is 11.8 Å². The Hall–Kier alpha value is 0.350. The van der Waals surface area contributed by atoms with E-state index < -0.39 is 0 Å². The van der Waals surface area contributed by atoms with Crippen LogP contribution in [0, 0.1) is 12.8 Å². The molecule has 1 aliphatic rings. The van der Waals surface area contributed by atoms with Gasteiger partial charge in [-0.05, 0) is 36.7 Å². The Bertz CT molecular complexity index is 55.4. The molecule has 47 valence electrons. The van der Waals surface area contributed by atoms with E-state index in [1.165, 1.54) is 24.3 Å². The molecule has 0 amide bonds. The molecule has 0 N–H and O–H groups in total. The van der Waals surface area contributed by atoms with E-state index in [9.17, 15) is 0 Å². The third kappa shape index (κ3) is 1.70. The lowest BCUT2D eigenvalue weighted by Gasteiger charge is -2.18. The van der Waals surface area contributed by atoms with Crippen LogP contribution in [-0.2, 0) is 0 Å². The molecule has 1 radical (unpaired) electrons. The average molecular weight is 129 g/mol. The quantitative estimate of drug-likeness (QED) is 0.523. The summed E-state index contributed by atoms with van der Waals surface area (Å²) < 4.78 is 0. The molecule has 1 heteroatoms. The summed E-state index contributed by atoms with van der Waals surface area (Å²) in [5.41, 5.74) is 0. The molecular weight excluding hydrogens is 116 g/mol. The SMILES string of the molecule is [CH2]CC1CCCSC1. The van der Waals surface area contributed by atoms with Crippen LogP contribution in [0.25, 0.3) is 0 Å². The van der Waals surface area contributed by atoms with Gasteiger partial charge < -0.3 is 0 Å². The second kappa shape index (κ2) is 3.39. The van der Waals surface area contributed by atoms with Crippen LogP contribution in [0.1, 0.15) is 19.3 Å². The van der Waals surface area contributed by atoms with E-state index in [1.807, 2.05) is 0 Å². The Morgan fingerprint density at radius 1 is 1.62 bits per heavy atom. The van der Waals surface area contributed by atoms with Gasteiger partial charge in [0.25, 0.3) is 0 Å². The maximum absolute atomic E-state index is 3.90. The van der Waals surface area contributed by atoms with Crippen LogP contribution in [0.5, 0.6) is 0 Å². The Labute approximate surface area is 56.0 Å². The summed E-state index contributed by atoms with van der Waals surface area (Å²) in [5.74, 6) is 3.69. The zero-order chi connectivity index (χ0) is 5.82. The molecule has 0 aromatic rings. The van der Waals surface area contributed by atoms with Crippen LogP contribution in [0.15, 0.2) is 0 Å². The molecule has 0 bridgehead atoms. The monoisotopic (exact) mass is 129 g/mol. The van der Waals surface area contributed by atoms with E-state index in [1.54, 1.807) is 0 Å². The summed E-state index contributed by atoms with van der Waals surface area (Å²) >= 11 is 2.09. The lowest BCUT2D eigenvalue weighted by atomic mass is 10.0. The molecule has 1 aliphatic heterocycles. The summed E-state index contributed by atoms with van der Waals surface area (Å²) in [6.07, 6.45) is 3.99. The lowest BCUT2D eigenvalue weighted by Crippen LogP contribution is -2.08. The van der Waals surface area contributed by atoms with Gasteiger partial charge in [-0.25, -0.2) is 0 Å². The first kappa shape index (κ1) is 6.47. The van der Waals surface area contributed by atoms with Gasteiger partial charge in [0.05, 0.1) is 0 Å². The van der Waals surface area contributed by atoms with Crippen molar-refractivity contribution in [2.75, 3.05) is 11.5 Å². The third-order valence-electron chi connectivity index (χ3n) is 1.66. The molecule has 1 rings (SSSR count). The van der Waals surface area contributed by atoms with Crippen molar-refractivity contribution in [2.45, 2.75) is 19.3 Å². The van der Waals surface area contributed by atoms with E-state index in [0.717, 1.165) is 12.3 Å². The van der Waals surface area contributed by atoms with Gasteiger partial charge in [-0.15, -0.1) is 0 Å². The van der Waals surface area contributed by atoms with Crippen molar-refractivity contribution >= 4 is 11.8 Å². The standard InChI is InChI=1S/C7H13S/c1-2-7-4-3-5-8-6-7/h7H,1-6H2. The molecule has 1 heterocycles. The largest absolute Gasteiger partial charge is 0.162 e. The zero-order valence-corrected chi connectivity index (χ0v) is 6.04. The molecule has 0 aromatic carbocycles. The van der Waals surface area contributed by atoms with Crippen LogP contribution < -0.4 is 0 Å². The average Bonchev–Trinajstić information content (AvgIpc) is 1.90. The molecule has 1 unspecified atom stereocenters. The zero-order valence-electron chi connectivity index (χ0n) is 5.23. The fraction of sp³-hybridized carbons (Fsp3) is 0.857. The Kier molecular flexibility index (Phi) is 2.74. The topological polar surface area (TPSA) is 0 Å². The summed E-state index contributed by atoms with van der Waals surface area (Å²) in [6, 6.07) is 0. The van der Waals surface area contributed by atoms with Crippen LogP contribution in [0.4, 0.5) is 0 Å². The molecule has 1 saturated heterocycles. The van der Waals surface area contributed by atoms with Crippen LogP contribution in [-0.4, -0.2) is 11.5 Å². The number of hydrogen-bond acceptors (Lipinski definition) is 1. The first-order valence-electron chi connectivity index (χ1n) is 3.30.